The van der Waals surface area contributed by atoms with Crippen molar-refractivity contribution in [3.05, 3.63) is 91.8 Å². The zero-order chi connectivity index (χ0) is 20.8. The molecule has 146 valence electrons. The molecule has 0 atom stereocenters. The summed E-state index contributed by atoms with van der Waals surface area (Å²) in [7, 11) is 0. The molecule has 2 aromatic heterocycles. The van der Waals surface area contributed by atoms with Gasteiger partial charge < -0.3 is 9.15 Å². The molecule has 0 spiro atoms. The van der Waals surface area contributed by atoms with Crippen molar-refractivity contribution in [2.24, 2.45) is 0 Å². The van der Waals surface area contributed by atoms with Gasteiger partial charge in [-0.3, -0.25) is 4.98 Å². The topological polar surface area (TPSA) is 69.4 Å². The average molecular weight is 525 g/mol. The lowest BCUT2D eigenvalue weighted by Gasteiger charge is -2.11. The first-order valence-electron chi connectivity index (χ1n) is 8.93. The summed E-state index contributed by atoms with van der Waals surface area (Å²) in [6, 6.07) is 18.2. The molecule has 0 unspecified atom stereocenters. The van der Waals surface area contributed by atoms with Crippen LogP contribution in [0, 0.1) is 0 Å². The van der Waals surface area contributed by atoms with Crippen LogP contribution in [0.4, 0.5) is 0 Å². The van der Waals surface area contributed by atoms with E-state index in [1.54, 1.807) is 24.4 Å². The van der Waals surface area contributed by atoms with Gasteiger partial charge >= 0.3 is 11.6 Å². The molecule has 0 aliphatic rings. The highest BCUT2D eigenvalue weighted by Gasteiger charge is 2.21. The van der Waals surface area contributed by atoms with Gasteiger partial charge in [-0.25, -0.2) is 9.59 Å². The lowest BCUT2D eigenvalue weighted by Crippen LogP contribution is -2.19. The zero-order valence-corrected chi connectivity index (χ0v) is 18.4. The Kier molecular flexibility index (Phi) is 4.64. The molecule has 0 saturated heterocycles. The Hall–Kier alpha value is -3.03. The molecule has 0 aliphatic carbocycles. The molecule has 0 radical (unpaired) electrons. The number of carbonyl (C=O) groups is 1. The number of hydrogen-bond acceptors (Lipinski definition) is 5. The standard InChI is InChI=1S/C23H11Br2NO4/c24-17-11-18(25)21(20-14(17)6-3-9-26-20)30-23(28)16-10-15-13-5-2-1-4-12(13)7-8-19(15)29-22(16)27/h1-11H. The highest BCUT2D eigenvalue weighted by Crippen LogP contribution is 2.37. The first kappa shape index (κ1) is 19.0. The number of esters is 1. The maximum absolute atomic E-state index is 13.0. The Morgan fingerprint density at radius 2 is 1.70 bits per heavy atom. The summed E-state index contributed by atoms with van der Waals surface area (Å²) in [4.78, 5) is 29.8. The van der Waals surface area contributed by atoms with E-state index >= 15 is 0 Å². The van der Waals surface area contributed by atoms with Crippen LogP contribution in [0.5, 0.6) is 5.75 Å². The van der Waals surface area contributed by atoms with Gasteiger partial charge in [0, 0.05) is 21.4 Å². The summed E-state index contributed by atoms with van der Waals surface area (Å²) < 4.78 is 12.3. The highest BCUT2D eigenvalue weighted by atomic mass is 79.9. The summed E-state index contributed by atoms with van der Waals surface area (Å²) in [6.45, 7) is 0. The Labute approximate surface area is 186 Å². The van der Waals surface area contributed by atoms with Gasteiger partial charge in [0.1, 0.15) is 16.7 Å². The molecule has 0 N–H and O–H groups in total. The smallest absolute Gasteiger partial charge is 0.351 e. The summed E-state index contributed by atoms with van der Waals surface area (Å²) in [6.07, 6.45) is 1.61. The summed E-state index contributed by atoms with van der Waals surface area (Å²) in [5.41, 5.74) is -0.0408. The van der Waals surface area contributed by atoms with Gasteiger partial charge in [-0.1, -0.05) is 52.3 Å². The van der Waals surface area contributed by atoms with Crippen molar-refractivity contribution < 1.29 is 13.9 Å². The maximum Gasteiger partial charge on any atom is 0.351 e. The van der Waals surface area contributed by atoms with Gasteiger partial charge in [-0.05, 0) is 51.0 Å². The summed E-state index contributed by atoms with van der Waals surface area (Å²) in [5, 5.41) is 3.30. The van der Waals surface area contributed by atoms with E-state index in [0.717, 1.165) is 20.6 Å². The fourth-order valence-corrected chi connectivity index (χ4v) is 4.76. The number of aromatic nitrogens is 1. The molecular weight excluding hydrogens is 514 g/mol. The third-order valence-electron chi connectivity index (χ3n) is 4.81. The Morgan fingerprint density at radius 3 is 2.57 bits per heavy atom. The van der Waals surface area contributed by atoms with E-state index in [4.69, 9.17) is 9.15 Å². The van der Waals surface area contributed by atoms with E-state index in [9.17, 15) is 9.59 Å². The second-order valence-corrected chi connectivity index (χ2v) is 8.31. The van der Waals surface area contributed by atoms with Crippen LogP contribution >= 0.6 is 31.9 Å². The molecule has 2 heterocycles. The van der Waals surface area contributed by atoms with Gasteiger partial charge in [-0.15, -0.1) is 0 Å². The van der Waals surface area contributed by atoms with Crippen molar-refractivity contribution in [1.29, 1.82) is 0 Å². The van der Waals surface area contributed by atoms with E-state index in [1.807, 2.05) is 36.4 Å². The molecular formula is C23H11Br2NO4. The fourth-order valence-electron chi connectivity index (χ4n) is 3.41. The average Bonchev–Trinajstić information content (AvgIpc) is 2.76. The van der Waals surface area contributed by atoms with Crippen molar-refractivity contribution in [2.45, 2.75) is 0 Å². The number of pyridine rings is 1. The molecule has 7 heteroatoms. The number of rotatable bonds is 2. The monoisotopic (exact) mass is 523 g/mol. The third kappa shape index (κ3) is 3.11. The quantitative estimate of drug-likeness (QED) is 0.118. The normalized spacial score (nSPS) is 11.3. The predicted octanol–water partition coefficient (Wildman–Crippen LogP) is 6.24. The zero-order valence-electron chi connectivity index (χ0n) is 15.2. The van der Waals surface area contributed by atoms with Crippen molar-refractivity contribution in [2.75, 3.05) is 0 Å². The van der Waals surface area contributed by atoms with Crippen LogP contribution in [-0.2, 0) is 0 Å². The predicted molar refractivity (Wildman–Crippen MR) is 122 cm³/mol. The van der Waals surface area contributed by atoms with E-state index in [-0.39, 0.29) is 11.3 Å². The second-order valence-electron chi connectivity index (χ2n) is 6.60. The number of hydrogen-bond donors (Lipinski definition) is 0. The third-order valence-corrected chi connectivity index (χ3v) is 6.05. The highest BCUT2D eigenvalue weighted by molar-refractivity contribution is 9.11. The van der Waals surface area contributed by atoms with Crippen molar-refractivity contribution >= 4 is 70.5 Å². The minimum atomic E-state index is -0.812. The number of fused-ring (bicyclic) bond motifs is 4. The first-order valence-corrected chi connectivity index (χ1v) is 10.5. The Morgan fingerprint density at radius 1 is 0.900 bits per heavy atom. The molecule has 5 rings (SSSR count). The lowest BCUT2D eigenvalue weighted by atomic mass is 10.0. The molecule has 0 bridgehead atoms. The molecule has 0 fully saturated rings. The number of carbonyl (C=O) groups excluding carboxylic acids is 1. The largest absolute Gasteiger partial charge is 0.422 e. The molecule has 5 aromatic rings. The van der Waals surface area contributed by atoms with Crippen LogP contribution < -0.4 is 10.4 Å². The van der Waals surface area contributed by atoms with Gasteiger partial charge in [-0.2, -0.15) is 0 Å². The van der Waals surface area contributed by atoms with Crippen molar-refractivity contribution in [3.63, 3.8) is 0 Å². The summed E-state index contributed by atoms with van der Waals surface area (Å²) in [5.74, 6) is -0.579. The maximum atomic E-state index is 13.0. The number of halogens is 2. The Balaban J connectivity index is 1.66. The minimum Gasteiger partial charge on any atom is -0.422 e. The van der Waals surface area contributed by atoms with E-state index in [2.05, 4.69) is 36.8 Å². The van der Waals surface area contributed by atoms with Crippen molar-refractivity contribution in [3.8, 4) is 5.75 Å². The van der Waals surface area contributed by atoms with Crippen LogP contribution in [0.1, 0.15) is 10.4 Å². The number of ether oxygens (including phenoxy) is 1. The second kappa shape index (κ2) is 7.34. The van der Waals surface area contributed by atoms with E-state index < -0.39 is 11.6 Å². The molecule has 3 aromatic carbocycles. The SMILES string of the molecule is O=C(Oc1c(Br)cc(Br)c2cccnc12)c1cc2c(ccc3ccccc32)oc1=O. The van der Waals surface area contributed by atoms with Gasteiger partial charge in [0.2, 0.25) is 0 Å². The van der Waals surface area contributed by atoms with Crippen LogP contribution in [0.25, 0.3) is 32.6 Å². The number of benzene rings is 3. The van der Waals surface area contributed by atoms with E-state index in [1.165, 1.54) is 6.07 Å². The lowest BCUT2D eigenvalue weighted by molar-refractivity contribution is 0.0731. The molecule has 5 nitrogen and oxygen atoms in total. The number of nitrogens with zero attached hydrogens (tertiary/aromatic N) is 1. The Bertz CT molecular complexity index is 1540. The first-order chi connectivity index (χ1) is 14.5. The fraction of sp³-hybridized carbons (Fsp3) is 0. The van der Waals surface area contributed by atoms with E-state index in [0.29, 0.717) is 21.0 Å². The molecule has 30 heavy (non-hydrogen) atoms. The van der Waals surface area contributed by atoms with Crippen LogP contribution in [0.2, 0.25) is 0 Å². The van der Waals surface area contributed by atoms with Crippen molar-refractivity contribution in [1.82, 2.24) is 4.98 Å². The van der Waals surface area contributed by atoms with Crippen LogP contribution in [-0.4, -0.2) is 11.0 Å². The van der Waals surface area contributed by atoms with Gasteiger partial charge in [0.05, 0.1) is 4.47 Å². The van der Waals surface area contributed by atoms with Crippen LogP contribution in [0.15, 0.2) is 85.0 Å². The van der Waals surface area contributed by atoms with Gasteiger partial charge in [0.15, 0.2) is 5.75 Å². The minimum absolute atomic E-state index is 0.183. The molecule has 0 amide bonds. The summed E-state index contributed by atoms with van der Waals surface area (Å²) >= 11 is 6.89. The van der Waals surface area contributed by atoms with Crippen LogP contribution in [0.3, 0.4) is 0 Å². The van der Waals surface area contributed by atoms with Gasteiger partial charge in [0.25, 0.3) is 0 Å². The molecule has 0 saturated carbocycles. The molecule has 0 aliphatic heterocycles.